The summed E-state index contributed by atoms with van der Waals surface area (Å²) in [6.07, 6.45) is 6.20. The van der Waals surface area contributed by atoms with Crippen molar-refractivity contribution in [1.29, 1.82) is 0 Å². The predicted octanol–water partition coefficient (Wildman–Crippen LogP) is 3.78. The molecule has 0 unspecified atom stereocenters. The van der Waals surface area contributed by atoms with Crippen LogP contribution in [0.15, 0.2) is 73.2 Å². The molecule has 200 valence electrons. The second-order valence-electron chi connectivity index (χ2n) is 8.14. The Labute approximate surface area is 236 Å². The van der Waals surface area contributed by atoms with E-state index in [1.165, 1.54) is 10.5 Å². The van der Waals surface area contributed by atoms with Crippen molar-refractivity contribution in [3.63, 3.8) is 0 Å². The van der Waals surface area contributed by atoms with Gasteiger partial charge in [0.25, 0.3) is 5.91 Å². The number of carbonyl (C=O) groups excluding carboxylic acids is 2. The van der Waals surface area contributed by atoms with E-state index in [9.17, 15) is 9.59 Å². The van der Waals surface area contributed by atoms with Crippen molar-refractivity contribution >= 4 is 54.9 Å². The zero-order valence-electron chi connectivity index (χ0n) is 20.6. The highest BCUT2D eigenvalue weighted by Gasteiger charge is 2.26. The zero-order valence-corrected chi connectivity index (χ0v) is 23.0. The van der Waals surface area contributed by atoms with Crippen molar-refractivity contribution in [2.24, 2.45) is 0 Å². The largest absolute Gasteiger partial charge is 0.497 e. The number of hydrogen-bond acceptors (Lipinski definition) is 6. The molecule has 2 aromatic heterocycles. The van der Waals surface area contributed by atoms with E-state index >= 15 is 0 Å². The van der Waals surface area contributed by atoms with Crippen LogP contribution in [-0.4, -0.2) is 78.0 Å². The molecule has 0 bridgehead atoms. The number of pyridine rings is 2. The van der Waals surface area contributed by atoms with E-state index in [1.54, 1.807) is 49.7 Å². The Morgan fingerprint density at radius 1 is 0.892 bits per heavy atom. The van der Waals surface area contributed by atoms with Gasteiger partial charge >= 0.3 is 0 Å². The maximum atomic E-state index is 13.3. The van der Waals surface area contributed by atoms with Gasteiger partial charge in [0, 0.05) is 56.9 Å². The number of nitrogens with zero attached hydrogens (tertiary/aromatic N) is 5. The van der Waals surface area contributed by atoms with Crippen molar-refractivity contribution in [3.05, 3.63) is 84.3 Å². The van der Waals surface area contributed by atoms with Crippen molar-refractivity contribution in [3.8, 4) is 5.75 Å². The fourth-order valence-corrected chi connectivity index (χ4v) is 3.95. The van der Waals surface area contributed by atoms with Crippen LogP contribution in [0.2, 0.25) is 0 Å². The average Bonchev–Trinajstić information content (AvgIpc) is 2.91. The summed E-state index contributed by atoms with van der Waals surface area (Å²) in [6, 6.07) is 16.3. The third-order valence-corrected chi connectivity index (χ3v) is 5.99. The molecule has 1 aliphatic rings. The molecule has 0 spiro atoms. The highest BCUT2D eigenvalue weighted by molar-refractivity contribution is 6.08. The molecule has 3 aromatic rings. The lowest BCUT2D eigenvalue weighted by molar-refractivity contribution is -0.131. The van der Waals surface area contributed by atoms with E-state index < -0.39 is 0 Å². The minimum Gasteiger partial charge on any atom is -0.497 e. The second-order valence-corrected chi connectivity index (χ2v) is 8.14. The Morgan fingerprint density at radius 3 is 2.16 bits per heavy atom. The third-order valence-electron chi connectivity index (χ3n) is 5.99. The Kier molecular flexibility index (Phi) is 13.9. The van der Waals surface area contributed by atoms with Crippen LogP contribution in [0.1, 0.15) is 15.9 Å². The van der Waals surface area contributed by atoms with Crippen LogP contribution in [0, 0.1) is 0 Å². The Balaban J connectivity index is 0.00000228. The van der Waals surface area contributed by atoms with Crippen LogP contribution in [0.3, 0.4) is 0 Å². The van der Waals surface area contributed by atoms with Gasteiger partial charge in [-0.2, -0.15) is 0 Å². The van der Waals surface area contributed by atoms with E-state index in [4.69, 9.17) is 4.74 Å². The van der Waals surface area contributed by atoms with Gasteiger partial charge in [-0.05, 0) is 60.5 Å². The van der Waals surface area contributed by atoms with Crippen LogP contribution in [0.25, 0.3) is 0 Å². The molecule has 1 saturated heterocycles. The summed E-state index contributed by atoms with van der Waals surface area (Å²) in [5.74, 6) is 0.762. The summed E-state index contributed by atoms with van der Waals surface area (Å²) in [7, 11) is 1.58. The van der Waals surface area contributed by atoms with Crippen LogP contribution >= 0.6 is 37.2 Å². The molecule has 1 fully saturated rings. The quantitative estimate of drug-likeness (QED) is 0.412. The fraction of sp³-hybridized carbons (Fsp3) is 0.308. The van der Waals surface area contributed by atoms with Gasteiger partial charge < -0.3 is 9.64 Å². The molecular formula is C26H32Cl3N5O3. The van der Waals surface area contributed by atoms with Crippen LogP contribution in [0.5, 0.6) is 5.75 Å². The second kappa shape index (κ2) is 16.0. The van der Waals surface area contributed by atoms with E-state index in [0.29, 0.717) is 30.2 Å². The number of hydrogen-bond donors (Lipinski definition) is 0. The Morgan fingerprint density at radius 2 is 1.57 bits per heavy atom. The molecule has 37 heavy (non-hydrogen) atoms. The molecule has 1 aliphatic heterocycles. The van der Waals surface area contributed by atoms with Gasteiger partial charge in [0.1, 0.15) is 18.1 Å². The number of piperazine rings is 1. The van der Waals surface area contributed by atoms with Gasteiger partial charge in [0.05, 0.1) is 7.11 Å². The first kappa shape index (κ1) is 32.1. The number of amides is 2. The number of rotatable bonds is 8. The van der Waals surface area contributed by atoms with Gasteiger partial charge in [-0.15, -0.1) is 37.2 Å². The third kappa shape index (κ3) is 8.86. The zero-order chi connectivity index (χ0) is 23.8. The number of benzene rings is 1. The summed E-state index contributed by atoms with van der Waals surface area (Å²) in [4.78, 5) is 40.5. The Hall–Kier alpha value is -2.91. The minimum absolute atomic E-state index is 0. The van der Waals surface area contributed by atoms with E-state index in [1.807, 2.05) is 35.5 Å². The monoisotopic (exact) mass is 567 g/mol. The summed E-state index contributed by atoms with van der Waals surface area (Å²) < 4.78 is 5.18. The standard InChI is InChI=1S/C26H29N5O3.3ClH/c1-34-23-7-5-22(6-8-23)26(33)31(24-4-2-3-12-28-24)20-25(32)30-18-16-29(17-19-30)15-11-21-9-13-27-14-10-21;;;/h2-10,12-14H,11,15-20H2,1H3;3*1H. The van der Waals surface area contributed by atoms with E-state index in [0.717, 1.165) is 26.1 Å². The number of carbonyl (C=O) groups is 2. The molecule has 0 N–H and O–H groups in total. The predicted molar refractivity (Wildman–Crippen MR) is 152 cm³/mol. The lowest BCUT2D eigenvalue weighted by Gasteiger charge is -2.35. The lowest BCUT2D eigenvalue weighted by atomic mass is 10.1. The molecule has 11 heteroatoms. The summed E-state index contributed by atoms with van der Waals surface area (Å²) in [6.45, 7) is 3.80. The maximum Gasteiger partial charge on any atom is 0.259 e. The van der Waals surface area contributed by atoms with Crippen molar-refractivity contribution in [2.75, 3.05) is 51.3 Å². The van der Waals surface area contributed by atoms with E-state index in [2.05, 4.69) is 14.9 Å². The highest BCUT2D eigenvalue weighted by atomic mass is 35.5. The number of halogens is 3. The first-order valence-electron chi connectivity index (χ1n) is 11.4. The smallest absolute Gasteiger partial charge is 0.259 e. The molecule has 0 atom stereocenters. The topological polar surface area (TPSA) is 78.9 Å². The first-order valence-corrected chi connectivity index (χ1v) is 11.4. The molecule has 0 radical (unpaired) electrons. The Bertz CT molecular complexity index is 1080. The normalized spacial score (nSPS) is 12.8. The van der Waals surface area contributed by atoms with Gasteiger partial charge in [0.2, 0.25) is 5.91 Å². The van der Waals surface area contributed by atoms with Gasteiger partial charge in [0.15, 0.2) is 0 Å². The molecule has 3 heterocycles. The number of methoxy groups -OCH3 is 1. The minimum atomic E-state index is -0.273. The SMILES string of the molecule is COc1ccc(C(=O)N(CC(=O)N2CCN(CCc3ccncc3)CC2)c2ccccn2)cc1.Cl.Cl.Cl. The van der Waals surface area contributed by atoms with Gasteiger partial charge in [-0.3, -0.25) is 24.4 Å². The van der Waals surface area contributed by atoms with Crippen LogP contribution < -0.4 is 9.64 Å². The molecule has 4 rings (SSSR count). The average molecular weight is 569 g/mol. The number of ether oxygens (including phenoxy) is 1. The summed E-state index contributed by atoms with van der Waals surface area (Å²) in [5, 5.41) is 0. The number of aromatic nitrogens is 2. The van der Waals surface area contributed by atoms with Gasteiger partial charge in [-0.25, -0.2) is 4.98 Å². The maximum absolute atomic E-state index is 13.3. The first-order chi connectivity index (χ1) is 16.6. The highest BCUT2D eigenvalue weighted by Crippen LogP contribution is 2.18. The van der Waals surface area contributed by atoms with Crippen LogP contribution in [-0.2, 0) is 11.2 Å². The summed E-state index contributed by atoms with van der Waals surface area (Å²) >= 11 is 0. The van der Waals surface area contributed by atoms with E-state index in [-0.39, 0.29) is 55.6 Å². The molecular weight excluding hydrogens is 537 g/mol. The molecule has 0 saturated carbocycles. The van der Waals surface area contributed by atoms with Crippen molar-refractivity contribution < 1.29 is 14.3 Å². The fourth-order valence-electron chi connectivity index (χ4n) is 3.95. The molecule has 2 amide bonds. The van der Waals surface area contributed by atoms with Crippen LogP contribution in [0.4, 0.5) is 5.82 Å². The molecule has 0 aliphatic carbocycles. The lowest BCUT2D eigenvalue weighted by Crippen LogP contribution is -2.52. The number of anilines is 1. The summed E-state index contributed by atoms with van der Waals surface area (Å²) in [5.41, 5.74) is 1.73. The van der Waals surface area contributed by atoms with Gasteiger partial charge in [-0.1, -0.05) is 6.07 Å². The van der Waals surface area contributed by atoms with Crippen molar-refractivity contribution in [1.82, 2.24) is 19.8 Å². The molecule has 8 nitrogen and oxygen atoms in total. The molecule has 1 aromatic carbocycles. The van der Waals surface area contributed by atoms with Crippen molar-refractivity contribution in [2.45, 2.75) is 6.42 Å².